The predicted molar refractivity (Wildman–Crippen MR) is 79.8 cm³/mol. The van der Waals surface area contributed by atoms with Crippen molar-refractivity contribution in [1.82, 2.24) is 0 Å². The summed E-state index contributed by atoms with van der Waals surface area (Å²) >= 11 is 1.50. The highest BCUT2D eigenvalue weighted by atomic mass is 32.1. The number of halogens is 1. The van der Waals surface area contributed by atoms with Crippen LogP contribution in [0.4, 0.5) is 15.8 Å². The van der Waals surface area contributed by atoms with E-state index in [0.29, 0.717) is 0 Å². The third-order valence-corrected chi connectivity index (χ3v) is 3.68. The van der Waals surface area contributed by atoms with Gasteiger partial charge < -0.3 is 5.32 Å². The van der Waals surface area contributed by atoms with Gasteiger partial charge in [0.25, 0.3) is 0 Å². The van der Waals surface area contributed by atoms with Gasteiger partial charge in [0.05, 0.1) is 4.92 Å². The lowest BCUT2D eigenvalue weighted by Gasteiger charge is -2.02. The lowest BCUT2D eigenvalue weighted by Crippen LogP contribution is -2.08. The van der Waals surface area contributed by atoms with Crippen LogP contribution in [0.1, 0.15) is 10.4 Å². The molecule has 0 atom stereocenters. The van der Waals surface area contributed by atoms with Crippen LogP contribution in [0.2, 0.25) is 0 Å². The number of nitro benzene ring substituents is 1. The van der Waals surface area contributed by atoms with Crippen molar-refractivity contribution < 1.29 is 14.1 Å². The molecular weight excluding hydrogens is 295 g/mol. The maximum absolute atomic E-state index is 13.2. The molecule has 7 heteroatoms. The fourth-order valence-electron chi connectivity index (χ4n) is 1.62. The summed E-state index contributed by atoms with van der Waals surface area (Å²) in [4.78, 5) is 22.5. The van der Waals surface area contributed by atoms with Gasteiger partial charge in [-0.3, -0.25) is 14.9 Å². The van der Waals surface area contributed by atoms with Gasteiger partial charge in [-0.25, -0.2) is 0 Å². The number of hydrogen-bond acceptors (Lipinski definition) is 4. The predicted octanol–water partition coefficient (Wildman–Crippen LogP) is 3.76. The standard InChI is InChI=1S/C14H11FN2O3S/c1-9-6-7-21-13(9)4-5-14(18)16-10-2-3-11(15)12(8-10)17(19)20/h2-8H,1H3,(H,16,18)/b5-4+. The smallest absolute Gasteiger partial charge is 0.306 e. The van der Waals surface area contributed by atoms with Crippen LogP contribution in [0.5, 0.6) is 0 Å². The van der Waals surface area contributed by atoms with E-state index < -0.39 is 22.3 Å². The van der Waals surface area contributed by atoms with Crippen molar-refractivity contribution in [2.24, 2.45) is 0 Å². The zero-order chi connectivity index (χ0) is 15.4. The summed E-state index contributed by atoms with van der Waals surface area (Å²) in [5.74, 6) is -1.38. The Morgan fingerprint density at radius 3 is 2.81 bits per heavy atom. The molecule has 0 fully saturated rings. The average Bonchev–Trinajstić information content (AvgIpc) is 2.84. The number of nitrogens with one attached hydrogen (secondary N) is 1. The second kappa shape index (κ2) is 6.27. The maximum Gasteiger partial charge on any atom is 0.306 e. The van der Waals surface area contributed by atoms with Crippen LogP contribution in [0.15, 0.2) is 35.7 Å². The third-order valence-electron chi connectivity index (χ3n) is 2.70. The number of amides is 1. The SMILES string of the molecule is Cc1ccsc1/C=C/C(=O)Nc1ccc(F)c([N+](=O)[O-])c1. The van der Waals surface area contributed by atoms with Gasteiger partial charge in [0.1, 0.15) is 0 Å². The topological polar surface area (TPSA) is 72.2 Å². The normalized spacial score (nSPS) is 10.8. The number of rotatable bonds is 4. The number of carbonyl (C=O) groups excluding carboxylic acids is 1. The molecule has 1 heterocycles. The van der Waals surface area contributed by atoms with Crippen LogP contribution < -0.4 is 5.32 Å². The lowest BCUT2D eigenvalue weighted by molar-refractivity contribution is -0.387. The molecule has 0 spiro atoms. The van der Waals surface area contributed by atoms with Crippen molar-refractivity contribution in [2.75, 3.05) is 5.32 Å². The second-order valence-electron chi connectivity index (χ2n) is 4.21. The average molecular weight is 306 g/mol. The van der Waals surface area contributed by atoms with Crippen molar-refractivity contribution in [3.63, 3.8) is 0 Å². The minimum Gasteiger partial charge on any atom is -0.322 e. The van der Waals surface area contributed by atoms with Crippen molar-refractivity contribution in [3.8, 4) is 0 Å². The first-order chi connectivity index (χ1) is 9.97. The van der Waals surface area contributed by atoms with E-state index in [4.69, 9.17) is 0 Å². The summed E-state index contributed by atoms with van der Waals surface area (Å²) in [6.45, 7) is 1.93. The lowest BCUT2D eigenvalue weighted by atomic mass is 10.2. The number of anilines is 1. The molecule has 0 aliphatic carbocycles. The molecule has 0 saturated heterocycles. The minimum atomic E-state index is -0.942. The molecule has 0 aliphatic rings. The fraction of sp³-hybridized carbons (Fsp3) is 0.0714. The van der Waals surface area contributed by atoms with Crippen LogP contribution in [0.3, 0.4) is 0 Å². The van der Waals surface area contributed by atoms with Crippen LogP contribution in [-0.2, 0) is 4.79 Å². The van der Waals surface area contributed by atoms with E-state index in [0.717, 1.165) is 22.6 Å². The molecule has 1 aromatic carbocycles. The highest BCUT2D eigenvalue weighted by molar-refractivity contribution is 7.11. The largest absolute Gasteiger partial charge is 0.322 e. The number of hydrogen-bond donors (Lipinski definition) is 1. The number of benzene rings is 1. The first kappa shape index (κ1) is 14.9. The summed E-state index contributed by atoms with van der Waals surface area (Å²) in [7, 11) is 0. The summed E-state index contributed by atoms with van der Waals surface area (Å²) in [6.07, 6.45) is 2.99. The van der Waals surface area contributed by atoms with Gasteiger partial charge >= 0.3 is 5.69 Å². The molecule has 5 nitrogen and oxygen atoms in total. The molecule has 1 amide bonds. The number of carbonyl (C=O) groups is 1. The second-order valence-corrected chi connectivity index (χ2v) is 5.16. The highest BCUT2D eigenvalue weighted by Gasteiger charge is 2.14. The molecule has 2 rings (SSSR count). The molecular formula is C14H11FN2O3S. The van der Waals surface area contributed by atoms with Crippen LogP contribution in [0.25, 0.3) is 6.08 Å². The van der Waals surface area contributed by atoms with E-state index in [1.807, 2.05) is 18.4 Å². The highest BCUT2D eigenvalue weighted by Crippen LogP contribution is 2.22. The molecule has 1 N–H and O–H groups in total. The van der Waals surface area contributed by atoms with E-state index in [-0.39, 0.29) is 5.69 Å². The molecule has 0 radical (unpaired) electrons. The Bertz CT molecular complexity index is 725. The van der Waals surface area contributed by atoms with Crippen LogP contribution in [-0.4, -0.2) is 10.8 Å². The third kappa shape index (κ3) is 3.73. The zero-order valence-electron chi connectivity index (χ0n) is 11.0. The summed E-state index contributed by atoms with van der Waals surface area (Å²) in [5.41, 5.74) is 0.549. The molecule has 0 unspecified atom stereocenters. The Balaban J connectivity index is 2.10. The quantitative estimate of drug-likeness (QED) is 0.531. The molecule has 0 saturated carbocycles. The summed E-state index contributed by atoms with van der Waals surface area (Å²) in [6, 6.07) is 5.13. The minimum absolute atomic E-state index is 0.167. The number of aryl methyl sites for hydroxylation is 1. The van der Waals surface area contributed by atoms with Gasteiger partial charge in [-0.15, -0.1) is 11.3 Å². The Labute approximate surface area is 123 Å². The van der Waals surface area contributed by atoms with E-state index >= 15 is 0 Å². The number of thiophene rings is 1. The summed E-state index contributed by atoms with van der Waals surface area (Å²) < 4.78 is 13.2. The van der Waals surface area contributed by atoms with Gasteiger partial charge in [-0.05, 0) is 42.1 Å². The van der Waals surface area contributed by atoms with Gasteiger partial charge in [0.2, 0.25) is 11.7 Å². The molecule has 1 aromatic heterocycles. The Kier molecular flexibility index (Phi) is 4.44. The first-order valence-electron chi connectivity index (χ1n) is 5.94. The number of nitro groups is 1. The van der Waals surface area contributed by atoms with Crippen molar-refractivity contribution >= 4 is 34.7 Å². The zero-order valence-corrected chi connectivity index (χ0v) is 11.8. The monoisotopic (exact) mass is 306 g/mol. The number of nitrogens with zero attached hydrogens (tertiary/aromatic N) is 1. The van der Waals surface area contributed by atoms with Crippen molar-refractivity contribution in [2.45, 2.75) is 6.92 Å². The van der Waals surface area contributed by atoms with Gasteiger partial charge in [-0.2, -0.15) is 4.39 Å². The maximum atomic E-state index is 13.2. The van der Waals surface area contributed by atoms with Gasteiger partial charge in [0.15, 0.2) is 0 Å². The van der Waals surface area contributed by atoms with Crippen LogP contribution >= 0.6 is 11.3 Å². The molecule has 0 bridgehead atoms. The fourth-order valence-corrected chi connectivity index (χ4v) is 2.44. The Morgan fingerprint density at radius 2 is 2.19 bits per heavy atom. The molecule has 108 valence electrons. The molecule has 0 aliphatic heterocycles. The molecule has 2 aromatic rings. The van der Waals surface area contributed by atoms with Gasteiger partial charge in [-0.1, -0.05) is 0 Å². The Morgan fingerprint density at radius 1 is 1.43 bits per heavy atom. The Hall–Kier alpha value is -2.54. The van der Waals surface area contributed by atoms with Crippen molar-refractivity contribution in [1.29, 1.82) is 0 Å². The van der Waals surface area contributed by atoms with E-state index in [1.165, 1.54) is 23.5 Å². The van der Waals surface area contributed by atoms with E-state index in [9.17, 15) is 19.3 Å². The molecule has 21 heavy (non-hydrogen) atoms. The van der Waals surface area contributed by atoms with E-state index in [2.05, 4.69) is 5.32 Å². The van der Waals surface area contributed by atoms with Crippen molar-refractivity contribution in [3.05, 3.63) is 62.1 Å². The first-order valence-corrected chi connectivity index (χ1v) is 6.82. The van der Waals surface area contributed by atoms with E-state index in [1.54, 1.807) is 6.08 Å². The van der Waals surface area contributed by atoms with Crippen LogP contribution in [0, 0.1) is 22.9 Å². The summed E-state index contributed by atoms with van der Waals surface area (Å²) in [5, 5.41) is 15.0. The van der Waals surface area contributed by atoms with Gasteiger partial charge in [0, 0.05) is 22.7 Å².